The van der Waals surface area contributed by atoms with E-state index in [1.165, 1.54) is 6.07 Å². The lowest BCUT2D eigenvalue weighted by Gasteiger charge is -2.38. The maximum absolute atomic E-state index is 14.8. The van der Waals surface area contributed by atoms with Crippen LogP contribution < -0.4 is 0 Å². The molecule has 0 bridgehead atoms. The zero-order valence-corrected chi connectivity index (χ0v) is 18.9. The molecular formula is C25H30FN5O. The number of fused-ring (bicyclic) bond motifs is 2. The molecule has 1 saturated heterocycles. The average Bonchev–Trinajstić information content (AvgIpc) is 3.16. The number of likely N-dealkylation sites (N-methyl/N-ethyl adjacent to an activating group) is 1. The van der Waals surface area contributed by atoms with E-state index in [1.807, 2.05) is 36.5 Å². The lowest BCUT2D eigenvalue weighted by atomic mass is 9.89. The van der Waals surface area contributed by atoms with Gasteiger partial charge in [-0.05, 0) is 61.7 Å². The summed E-state index contributed by atoms with van der Waals surface area (Å²) in [6, 6.07) is 1.53. The first-order chi connectivity index (χ1) is 15.4. The van der Waals surface area contributed by atoms with Gasteiger partial charge in [0.2, 0.25) is 0 Å². The van der Waals surface area contributed by atoms with Crippen molar-refractivity contribution in [2.75, 3.05) is 33.2 Å². The molecule has 5 heterocycles. The van der Waals surface area contributed by atoms with Crippen molar-refractivity contribution in [1.29, 1.82) is 0 Å². The summed E-state index contributed by atoms with van der Waals surface area (Å²) in [5, 5.41) is 11.2. The highest BCUT2D eigenvalue weighted by atomic mass is 19.1. The topological polar surface area (TPSA) is 47.3 Å². The van der Waals surface area contributed by atoms with Crippen LogP contribution >= 0.6 is 0 Å². The van der Waals surface area contributed by atoms with Gasteiger partial charge >= 0.3 is 0 Å². The van der Waals surface area contributed by atoms with Crippen molar-refractivity contribution in [2.24, 2.45) is 5.92 Å². The Balaban J connectivity index is 1.48. The molecule has 2 unspecified atom stereocenters. The van der Waals surface area contributed by atoms with E-state index >= 15 is 0 Å². The predicted molar refractivity (Wildman–Crippen MR) is 124 cm³/mol. The highest BCUT2D eigenvalue weighted by molar-refractivity contribution is 5.69. The van der Waals surface area contributed by atoms with Crippen molar-refractivity contribution in [3.63, 3.8) is 0 Å². The number of halogens is 1. The van der Waals surface area contributed by atoms with Crippen molar-refractivity contribution in [3.05, 3.63) is 77.4 Å². The van der Waals surface area contributed by atoms with Crippen LogP contribution in [0.5, 0.6) is 0 Å². The number of allylic oxidation sites excluding steroid dienone is 4. The lowest BCUT2D eigenvalue weighted by molar-refractivity contribution is 0.101. The Kier molecular flexibility index (Phi) is 5.39. The molecule has 1 fully saturated rings. The van der Waals surface area contributed by atoms with Crippen LogP contribution in [0.3, 0.4) is 0 Å². The van der Waals surface area contributed by atoms with E-state index in [-0.39, 0.29) is 11.7 Å². The highest BCUT2D eigenvalue weighted by Crippen LogP contribution is 2.33. The molecular weight excluding hydrogens is 405 g/mol. The molecule has 0 radical (unpaired) electrons. The Morgan fingerprint density at radius 1 is 1.09 bits per heavy atom. The molecule has 3 aliphatic rings. The van der Waals surface area contributed by atoms with Gasteiger partial charge in [0.25, 0.3) is 0 Å². The minimum Gasteiger partial charge on any atom is -0.370 e. The fourth-order valence-electron chi connectivity index (χ4n) is 4.72. The molecule has 0 amide bonds. The SMILES string of the molecule is Cc1cn2cc(C3=CC(O)N4C=C(N5CCN(C)CC5)C=CC4=CCC3C)cc(F)c2n1. The molecule has 2 atom stereocenters. The van der Waals surface area contributed by atoms with Gasteiger partial charge in [0.15, 0.2) is 17.7 Å². The van der Waals surface area contributed by atoms with Crippen molar-refractivity contribution in [2.45, 2.75) is 26.5 Å². The van der Waals surface area contributed by atoms with Crippen LogP contribution in [0.25, 0.3) is 11.2 Å². The molecule has 3 aliphatic heterocycles. The van der Waals surface area contributed by atoms with Crippen LogP contribution in [-0.2, 0) is 0 Å². The third-order valence-corrected chi connectivity index (χ3v) is 6.65. The number of hydrogen-bond acceptors (Lipinski definition) is 5. The molecule has 5 rings (SSSR count). The van der Waals surface area contributed by atoms with Crippen LogP contribution in [0.2, 0.25) is 0 Å². The van der Waals surface area contributed by atoms with Gasteiger partial charge in [-0.1, -0.05) is 13.0 Å². The molecule has 32 heavy (non-hydrogen) atoms. The number of imidazole rings is 1. The maximum atomic E-state index is 14.8. The summed E-state index contributed by atoms with van der Waals surface area (Å²) in [5.74, 6) is -0.216. The van der Waals surface area contributed by atoms with E-state index in [9.17, 15) is 9.50 Å². The molecule has 7 heteroatoms. The number of aliphatic hydroxyl groups is 1. The number of rotatable bonds is 2. The van der Waals surface area contributed by atoms with E-state index in [2.05, 4.69) is 47.0 Å². The van der Waals surface area contributed by atoms with Crippen LogP contribution in [-0.4, -0.2) is 68.6 Å². The highest BCUT2D eigenvalue weighted by Gasteiger charge is 2.25. The summed E-state index contributed by atoms with van der Waals surface area (Å²) < 4.78 is 16.5. The molecule has 168 valence electrons. The summed E-state index contributed by atoms with van der Waals surface area (Å²) in [5.41, 5.74) is 4.91. The second kappa shape index (κ2) is 8.22. The smallest absolute Gasteiger partial charge is 0.173 e. The van der Waals surface area contributed by atoms with Crippen LogP contribution in [0.1, 0.15) is 24.6 Å². The predicted octanol–water partition coefficient (Wildman–Crippen LogP) is 3.37. The summed E-state index contributed by atoms with van der Waals surface area (Å²) in [7, 11) is 2.14. The van der Waals surface area contributed by atoms with E-state index < -0.39 is 6.23 Å². The Bertz CT molecular complexity index is 1150. The van der Waals surface area contributed by atoms with E-state index in [0.717, 1.165) is 60.8 Å². The van der Waals surface area contributed by atoms with Gasteiger partial charge in [0.1, 0.15) is 0 Å². The molecule has 6 nitrogen and oxygen atoms in total. The molecule has 0 aliphatic carbocycles. The van der Waals surface area contributed by atoms with Crippen LogP contribution in [0.4, 0.5) is 4.39 Å². The standard InChI is InChI=1S/C25H30FN5O/c1-17-4-5-20-6-7-21(29-10-8-28(3)9-11-29)16-31(20)24(32)13-22(17)19-12-23(26)25-27-18(2)14-30(25)15-19/h5-7,12-17,24,32H,4,8-11H2,1-3H3. The molecule has 0 aromatic carbocycles. The number of hydrogen-bond donors (Lipinski definition) is 1. The lowest BCUT2D eigenvalue weighted by Crippen LogP contribution is -2.44. The van der Waals surface area contributed by atoms with E-state index in [4.69, 9.17) is 0 Å². The number of pyridine rings is 1. The third kappa shape index (κ3) is 3.87. The molecule has 2 aromatic heterocycles. The number of piperazine rings is 1. The van der Waals surface area contributed by atoms with Gasteiger partial charge < -0.3 is 24.2 Å². The number of aliphatic hydroxyl groups excluding tert-OH is 1. The summed E-state index contributed by atoms with van der Waals surface area (Å²) >= 11 is 0. The normalized spacial score (nSPS) is 24.6. The van der Waals surface area contributed by atoms with Gasteiger partial charge in [-0.3, -0.25) is 0 Å². The first kappa shape index (κ1) is 21.0. The fourth-order valence-corrected chi connectivity index (χ4v) is 4.72. The Morgan fingerprint density at radius 3 is 2.62 bits per heavy atom. The minimum atomic E-state index is -0.838. The first-order valence-electron chi connectivity index (χ1n) is 11.3. The monoisotopic (exact) mass is 435 g/mol. The number of aromatic nitrogens is 2. The third-order valence-electron chi connectivity index (χ3n) is 6.65. The quantitative estimate of drug-likeness (QED) is 0.784. The van der Waals surface area contributed by atoms with E-state index in [1.54, 1.807) is 4.40 Å². The van der Waals surface area contributed by atoms with Gasteiger partial charge in [-0.2, -0.15) is 0 Å². The first-order valence-corrected chi connectivity index (χ1v) is 11.3. The Morgan fingerprint density at radius 2 is 1.84 bits per heavy atom. The largest absolute Gasteiger partial charge is 0.370 e. The van der Waals surface area contributed by atoms with Gasteiger partial charge in [0, 0.05) is 50.5 Å². The van der Waals surface area contributed by atoms with Gasteiger partial charge in [0.05, 0.1) is 11.4 Å². The van der Waals surface area contributed by atoms with Crippen molar-refractivity contribution in [1.82, 2.24) is 24.1 Å². The Hall–Kier alpha value is -2.90. The van der Waals surface area contributed by atoms with Crippen molar-refractivity contribution >= 4 is 11.2 Å². The minimum absolute atomic E-state index is 0.136. The summed E-state index contributed by atoms with van der Waals surface area (Å²) in [4.78, 5) is 10.9. The summed E-state index contributed by atoms with van der Waals surface area (Å²) in [6.45, 7) is 7.97. The van der Waals surface area contributed by atoms with Gasteiger partial charge in [-0.15, -0.1) is 0 Å². The molecule has 0 spiro atoms. The van der Waals surface area contributed by atoms with Crippen molar-refractivity contribution < 1.29 is 9.50 Å². The Labute approximate surface area is 188 Å². The summed E-state index contributed by atoms with van der Waals surface area (Å²) in [6.07, 6.45) is 14.0. The van der Waals surface area contributed by atoms with Crippen LogP contribution in [0, 0.1) is 18.7 Å². The van der Waals surface area contributed by atoms with Crippen LogP contribution in [0.15, 0.2) is 60.4 Å². The fraction of sp³-hybridized carbons (Fsp3) is 0.400. The molecule has 2 aromatic rings. The maximum Gasteiger partial charge on any atom is 0.173 e. The number of nitrogens with zero attached hydrogens (tertiary/aromatic N) is 5. The zero-order valence-electron chi connectivity index (χ0n) is 18.9. The zero-order chi connectivity index (χ0) is 22.4. The molecule has 1 N–H and O–H groups in total. The second-order valence-corrected chi connectivity index (χ2v) is 9.08. The van der Waals surface area contributed by atoms with E-state index in [0.29, 0.717) is 5.65 Å². The van der Waals surface area contributed by atoms with Crippen molar-refractivity contribution in [3.8, 4) is 0 Å². The number of aryl methyl sites for hydroxylation is 1. The molecule has 0 saturated carbocycles. The average molecular weight is 436 g/mol. The van der Waals surface area contributed by atoms with Gasteiger partial charge in [-0.25, -0.2) is 9.37 Å². The second-order valence-electron chi connectivity index (χ2n) is 9.08.